The van der Waals surface area contributed by atoms with E-state index in [1.54, 1.807) is 30.3 Å². The zero-order valence-corrected chi connectivity index (χ0v) is 16.5. The molecule has 4 nitrogen and oxygen atoms in total. The highest BCUT2D eigenvalue weighted by Gasteiger charge is 2.13. The SMILES string of the molecule is CCCOc1ccc(C(=O)Oc2ccc(CC(C#N)CCC)cc2)cc1Cl. The minimum atomic E-state index is -0.479. The number of nitrogens with zero attached hydrogens (tertiary/aromatic N) is 1. The second kappa shape index (κ2) is 10.6. The van der Waals surface area contributed by atoms with Crippen LogP contribution in [0.2, 0.25) is 5.02 Å². The lowest BCUT2D eigenvalue weighted by molar-refractivity contribution is 0.0734. The predicted octanol–water partition coefficient (Wildman–Crippen LogP) is 5.83. The molecule has 2 aromatic carbocycles. The topological polar surface area (TPSA) is 59.3 Å². The third kappa shape index (κ3) is 6.30. The van der Waals surface area contributed by atoms with Gasteiger partial charge in [0.1, 0.15) is 11.5 Å². The third-order valence-electron chi connectivity index (χ3n) is 4.06. The summed E-state index contributed by atoms with van der Waals surface area (Å²) >= 11 is 6.16. The van der Waals surface area contributed by atoms with E-state index in [-0.39, 0.29) is 5.92 Å². The van der Waals surface area contributed by atoms with E-state index in [9.17, 15) is 4.79 Å². The average Bonchev–Trinajstić information content (AvgIpc) is 2.68. The van der Waals surface area contributed by atoms with Crippen LogP contribution in [0.3, 0.4) is 0 Å². The minimum Gasteiger partial charge on any atom is -0.492 e. The van der Waals surface area contributed by atoms with Crippen LogP contribution in [0.4, 0.5) is 0 Å². The van der Waals surface area contributed by atoms with Gasteiger partial charge in [0.05, 0.1) is 29.2 Å². The van der Waals surface area contributed by atoms with Crippen LogP contribution in [0.15, 0.2) is 42.5 Å². The summed E-state index contributed by atoms with van der Waals surface area (Å²) in [5.74, 6) is 0.542. The number of hydrogen-bond acceptors (Lipinski definition) is 4. The molecular weight excluding hydrogens is 362 g/mol. The van der Waals surface area contributed by atoms with Crippen LogP contribution in [0.25, 0.3) is 0 Å². The van der Waals surface area contributed by atoms with E-state index in [1.165, 1.54) is 0 Å². The van der Waals surface area contributed by atoms with E-state index in [0.717, 1.165) is 24.8 Å². The number of nitriles is 1. The van der Waals surface area contributed by atoms with Crippen molar-refractivity contribution in [2.75, 3.05) is 6.61 Å². The van der Waals surface area contributed by atoms with Gasteiger partial charge in [-0.25, -0.2) is 4.79 Å². The standard InChI is InChI=1S/C22H24ClNO3/c1-3-5-17(15-24)13-16-6-9-19(10-7-16)27-22(25)18-8-11-21(20(23)14-18)26-12-4-2/h6-11,14,17H,3-5,12-13H2,1-2H3. The van der Waals surface area contributed by atoms with Crippen molar-refractivity contribution in [3.63, 3.8) is 0 Å². The Kier molecular flexibility index (Phi) is 8.16. The van der Waals surface area contributed by atoms with Crippen LogP contribution >= 0.6 is 11.6 Å². The highest BCUT2D eigenvalue weighted by atomic mass is 35.5. The van der Waals surface area contributed by atoms with Crippen LogP contribution in [-0.4, -0.2) is 12.6 Å². The maximum Gasteiger partial charge on any atom is 0.343 e. The number of hydrogen-bond donors (Lipinski definition) is 0. The Morgan fingerprint density at radius 3 is 2.48 bits per heavy atom. The van der Waals surface area contributed by atoms with Gasteiger partial charge in [-0.15, -0.1) is 0 Å². The second-order valence-electron chi connectivity index (χ2n) is 6.35. The van der Waals surface area contributed by atoms with Crippen molar-refractivity contribution in [1.29, 1.82) is 5.26 Å². The van der Waals surface area contributed by atoms with E-state index in [2.05, 4.69) is 13.0 Å². The van der Waals surface area contributed by atoms with Crippen molar-refractivity contribution in [2.24, 2.45) is 5.92 Å². The molecule has 0 heterocycles. The lowest BCUT2D eigenvalue weighted by Gasteiger charge is -2.10. The fourth-order valence-electron chi connectivity index (χ4n) is 2.66. The van der Waals surface area contributed by atoms with Crippen molar-refractivity contribution in [3.05, 3.63) is 58.6 Å². The predicted molar refractivity (Wildman–Crippen MR) is 106 cm³/mol. The third-order valence-corrected chi connectivity index (χ3v) is 4.36. The van der Waals surface area contributed by atoms with Crippen LogP contribution in [0, 0.1) is 17.2 Å². The Balaban J connectivity index is 1.99. The van der Waals surface area contributed by atoms with Gasteiger partial charge in [-0.05, 0) is 55.2 Å². The minimum absolute atomic E-state index is 0.0129. The molecule has 0 radical (unpaired) electrons. The first-order valence-electron chi connectivity index (χ1n) is 9.20. The molecule has 0 fully saturated rings. The van der Waals surface area contributed by atoms with E-state index in [1.807, 2.05) is 19.1 Å². The van der Waals surface area contributed by atoms with Gasteiger partial charge in [0, 0.05) is 0 Å². The summed E-state index contributed by atoms with van der Waals surface area (Å²) in [6, 6.07) is 14.5. The Bertz CT molecular complexity index is 796. The monoisotopic (exact) mass is 385 g/mol. The molecule has 0 aliphatic carbocycles. The zero-order valence-electron chi connectivity index (χ0n) is 15.7. The molecule has 1 atom stereocenters. The van der Waals surface area contributed by atoms with Crippen molar-refractivity contribution >= 4 is 17.6 Å². The summed E-state index contributed by atoms with van der Waals surface area (Å²) in [7, 11) is 0. The van der Waals surface area contributed by atoms with E-state index >= 15 is 0 Å². The number of benzene rings is 2. The number of esters is 1. The van der Waals surface area contributed by atoms with Crippen molar-refractivity contribution < 1.29 is 14.3 Å². The molecule has 5 heteroatoms. The van der Waals surface area contributed by atoms with Gasteiger partial charge in [-0.3, -0.25) is 0 Å². The van der Waals surface area contributed by atoms with Gasteiger partial charge in [0.25, 0.3) is 0 Å². The first-order valence-corrected chi connectivity index (χ1v) is 9.58. The van der Waals surface area contributed by atoms with Gasteiger partial charge < -0.3 is 9.47 Å². The fraction of sp³-hybridized carbons (Fsp3) is 0.364. The van der Waals surface area contributed by atoms with Crippen molar-refractivity contribution in [3.8, 4) is 17.6 Å². The fourth-order valence-corrected chi connectivity index (χ4v) is 2.90. The van der Waals surface area contributed by atoms with Crippen LogP contribution < -0.4 is 9.47 Å². The van der Waals surface area contributed by atoms with E-state index in [0.29, 0.717) is 35.1 Å². The molecule has 142 valence electrons. The summed E-state index contributed by atoms with van der Waals surface area (Å²) in [6.07, 6.45) is 3.45. The number of ether oxygens (including phenoxy) is 2. The first kappa shape index (κ1) is 20.8. The summed E-state index contributed by atoms with van der Waals surface area (Å²) < 4.78 is 10.9. The molecule has 0 aliphatic heterocycles. The van der Waals surface area contributed by atoms with Gasteiger partial charge in [0.2, 0.25) is 0 Å². The molecule has 0 aliphatic rings. The van der Waals surface area contributed by atoms with E-state index in [4.69, 9.17) is 26.3 Å². The summed E-state index contributed by atoms with van der Waals surface area (Å²) in [6.45, 7) is 4.65. The van der Waals surface area contributed by atoms with Gasteiger partial charge in [-0.1, -0.05) is 44.0 Å². The maximum absolute atomic E-state index is 12.3. The highest BCUT2D eigenvalue weighted by Crippen LogP contribution is 2.26. The highest BCUT2D eigenvalue weighted by molar-refractivity contribution is 6.32. The van der Waals surface area contributed by atoms with Gasteiger partial charge >= 0.3 is 5.97 Å². The molecule has 0 N–H and O–H groups in total. The number of carbonyl (C=O) groups is 1. The molecule has 0 bridgehead atoms. The Labute approximate surface area is 165 Å². The maximum atomic E-state index is 12.3. The Hall–Kier alpha value is -2.51. The molecule has 2 aromatic rings. The normalized spacial score (nSPS) is 11.5. The molecule has 0 aromatic heterocycles. The van der Waals surface area contributed by atoms with Crippen LogP contribution in [0.5, 0.6) is 11.5 Å². The lowest BCUT2D eigenvalue weighted by Crippen LogP contribution is -2.09. The largest absolute Gasteiger partial charge is 0.492 e. The van der Waals surface area contributed by atoms with Crippen LogP contribution in [-0.2, 0) is 6.42 Å². The van der Waals surface area contributed by atoms with Crippen molar-refractivity contribution in [2.45, 2.75) is 39.5 Å². The summed E-state index contributed by atoms with van der Waals surface area (Å²) in [5, 5.41) is 9.55. The van der Waals surface area contributed by atoms with E-state index < -0.39 is 5.97 Å². The van der Waals surface area contributed by atoms with Crippen molar-refractivity contribution in [1.82, 2.24) is 0 Å². The van der Waals surface area contributed by atoms with Gasteiger partial charge in [-0.2, -0.15) is 5.26 Å². The molecule has 1 unspecified atom stereocenters. The van der Waals surface area contributed by atoms with Crippen LogP contribution in [0.1, 0.15) is 49.0 Å². The smallest absolute Gasteiger partial charge is 0.343 e. The number of halogens is 1. The van der Waals surface area contributed by atoms with Gasteiger partial charge in [0.15, 0.2) is 0 Å². The zero-order chi connectivity index (χ0) is 19.6. The molecule has 0 saturated heterocycles. The average molecular weight is 386 g/mol. The molecule has 0 amide bonds. The molecular formula is C22H24ClNO3. The first-order chi connectivity index (χ1) is 13.1. The lowest BCUT2D eigenvalue weighted by atomic mass is 9.96. The quantitative estimate of drug-likeness (QED) is 0.402. The second-order valence-corrected chi connectivity index (χ2v) is 6.75. The molecule has 0 spiro atoms. The summed E-state index contributed by atoms with van der Waals surface area (Å²) in [4.78, 5) is 12.3. The molecule has 0 saturated carbocycles. The summed E-state index contributed by atoms with van der Waals surface area (Å²) in [5.41, 5.74) is 1.41. The molecule has 2 rings (SSSR count). The Morgan fingerprint density at radius 1 is 1.15 bits per heavy atom. The Morgan fingerprint density at radius 2 is 1.89 bits per heavy atom. The number of carbonyl (C=O) groups excluding carboxylic acids is 1. The molecule has 27 heavy (non-hydrogen) atoms. The number of rotatable bonds is 9.